The lowest BCUT2D eigenvalue weighted by molar-refractivity contribution is -0.121. The van der Waals surface area contributed by atoms with E-state index in [4.69, 9.17) is 16.7 Å². The van der Waals surface area contributed by atoms with E-state index in [9.17, 15) is 9.59 Å². The largest absolute Gasteiger partial charge is 0.273 e. The van der Waals surface area contributed by atoms with E-state index < -0.39 is 12.0 Å². The molecule has 1 fully saturated rings. The fourth-order valence-electron chi connectivity index (χ4n) is 4.13. The van der Waals surface area contributed by atoms with Gasteiger partial charge in [-0.15, -0.1) is 0 Å². The van der Waals surface area contributed by atoms with Crippen molar-refractivity contribution in [1.82, 2.24) is 0 Å². The van der Waals surface area contributed by atoms with Crippen molar-refractivity contribution in [3.63, 3.8) is 0 Å². The Kier molecular flexibility index (Phi) is 4.40. The average molecular weight is 416 g/mol. The molecule has 2 atom stereocenters. The number of nitrogens with zero attached hydrogens (tertiary/aromatic N) is 3. The summed E-state index contributed by atoms with van der Waals surface area (Å²) >= 11 is 6.27. The Hall–Kier alpha value is -3.44. The van der Waals surface area contributed by atoms with Crippen molar-refractivity contribution in [3.05, 3.63) is 95.0 Å². The highest BCUT2D eigenvalue weighted by atomic mass is 35.5. The van der Waals surface area contributed by atoms with Gasteiger partial charge in [0.25, 0.3) is 5.91 Å². The Bertz CT molecular complexity index is 1180. The van der Waals surface area contributed by atoms with E-state index >= 15 is 0 Å². The van der Waals surface area contributed by atoms with Crippen LogP contribution in [0.15, 0.2) is 84.0 Å². The number of imide groups is 1. The number of carbonyl (C=O) groups excluding carboxylic acids is 2. The number of fused-ring (bicyclic) bond motifs is 1. The average Bonchev–Trinajstić information content (AvgIpc) is 3.29. The summed E-state index contributed by atoms with van der Waals surface area (Å²) in [7, 11) is 0. The molecule has 0 spiro atoms. The van der Waals surface area contributed by atoms with Crippen LogP contribution in [0.2, 0.25) is 5.02 Å². The van der Waals surface area contributed by atoms with Gasteiger partial charge in [-0.25, -0.2) is 4.90 Å². The van der Waals surface area contributed by atoms with E-state index in [1.165, 1.54) is 4.90 Å². The first-order valence-corrected chi connectivity index (χ1v) is 10.1. The van der Waals surface area contributed by atoms with Crippen molar-refractivity contribution < 1.29 is 9.59 Å². The van der Waals surface area contributed by atoms with Gasteiger partial charge in [0.1, 0.15) is 12.0 Å². The second kappa shape index (κ2) is 7.11. The zero-order chi connectivity index (χ0) is 20.8. The van der Waals surface area contributed by atoms with Crippen molar-refractivity contribution in [2.45, 2.75) is 13.0 Å². The highest BCUT2D eigenvalue weighted by molar-refractivity contribution is 6.35. The third kappa shape index (κ3) is 2.74. The molecule has 6 heteroatoms. The fraction of sp³-hybridized carbons (Fsp3) is 0.125. The third-order valence-electron chi connectivity index (χ3n) is 5.62. The molecule has 148 valence electrons. The molecule has 0 unspecified atom stereocenters. The first kappa shape index (κ1) is 18.6. The summed E-state index contributed by atoms with van der Waals surface area (Å²) in [4.78, 5) is 28.4. The molecule has 30 heavy (non-hydrogen) atoms. The molecule has 0 radical (unpaired) electrons. The lowest BCUT2D eigenvalue weighted by atomic mass is 9.93. The summed E-state index contributed by atoms with van der Waals surface area (Å²) in [5.41, 5.74) is 3.42. The molecule has 1 saturated heterocycles. The van der Waals surface area contributed by atoms with E-state index in [1.807, 2.05) is 67.6 Å². The molecular weight excluding hydrogens is 398 g/mol. The van der Waals surface area contributed by atoms with Gasteiger partial charge in [-0.05, 0) is 42.3 Å². The van der Waals surface area contributed by atoms with Crippen LogP contribution in [0.4, 0.5) is 11.4 Å². The number of rotatable bonds is 3. The zero-order valence-corrected chi connectivity index (χ0v) is 17.0. The van der Waals surface area contributed by atoms with Crippen molar-refractivity contribution in [2.24, 2.45) is 11.0 Å². The Morgan fingerprint density at radius 2 is 1.50 bits per heavy atom. The number of halogens is 1. The number of carbonyl (C=O) groups is 2. The minimum Gasteiger partial charge on any atom is -0.273 e. The van der Waals surface area contributed by atoms with Gasteiger partial charge in [0.15, 0.2) is 0 Å². The van der Waals surface area contributed by atoms with E-state index in [0.29, 0.717) is 22.0 Å². The molecule has 0 N–H and O–H groups in total. The molecular formula is C24H18ClN3O2. The Morgan fingerprint density at radius 3 is 2.20 bits per heavy atom. The molecule has 0 aromatic heterocycles. The topological polar surface area (TPSA) is 53.0 Å². The van der Waals surface area contributed by atoms with Crippen molar-refractivity contribution in [2.75, 3.05) is 9.91 Å². The Labute approximate surface area is 179 Å². The molecule has 5 rings (SSSR count). The highest BCUT2D eigenvalue weighted by Gasteiger charge is 2.57. The van der Waals surface area contributed by atoms with Crippen LogP contribution in [0.3, 0.4) is 0 Å². The van der Waals surface area contributed by atoms with Crippen LogP contribution in [0.1, 0.15) is 11.1 Å². The Balaban J connectivity index is 1.66. The lowest BCUT2D eigenvalue weighted by Gasteiger charge is -2.23. The number of hydrazone groups is 1. The molecule has 3 aromatic carbocycles. The van der Waals surface area contributed by atoms with Crippen LogP contribution in [-0.4, -0.2) is 23.6 Å². The Morgan fingerprint density at radius 1 is 0.833 bits per heavy atom. The minimum absolute atomic E-state index is 0.281. The quantitative estimate of drug-likeness (QED) is 0.594. The summed E-state index contributed by atoms with van der Waals surface area (Å²) < 4.78 is 0. The second-order valence-corrected chi connectivity index (χ2v) is 7.76. The number of hydrogen-bond acceptors (Lipinski definition) is 4. The summed E-state index contributed by atoms with van der Waals surface area (Å²) in [5, 5.41) is 6.93. The number of anilines is 2. The summed E-state index contributed by atoms with van der Waals surface area (Å²) in [6.45, 7) is 1.81. The summed E-state index contributed by atoms with van der Waals surface area (Å²) in [5.74, 6) is -1.26. The van der Waals surface area contributed by atoms with Gasteiger partial charge in [0.2, 0.25) is 5.91 Å². The second-order valence-electron chi connectivity index (χ2n) is 7.35. The molecule has 2 heterocycles. The molecule has 0 saturated carbocycles. The third-order valence-corrected chi connectivity index (χ3v) is 6.03. The van der Waals surface area contributed by atoms with Crippen LogP contribution in [0.5, 0.6) is 0 Å². The van der Waals surface area contributed by atoms with Crippen LogP contribution < -0.4 is 9.91 Å². The predicted molar refractivity (Wildman–Crippen MR) is 118 cm³/mol. The summed E-state index contributed by atoms with van der Waals surface area (Å²) in [6, 6.07) is 23.5. The van der Waals surface area contributed by atoms with Gasteiger partial charge >= 0.3 is 0 Å². The van der Waals surface area contributed by atoms with Gasteiger partial charge < -0.3 is 0 Å². The lowest BCUT2D eigenvalue weighted by Crippen LogP contribution is -2.39. The van der Waals surface area contributed by atoms with E-state index in [2.05, 4.69) is 0 Å². The maximum Gasteiger partial charge on any atom is 0.259 e. The monoisotopic (exact) mass is 415 g/mol. The molecule has 2 aliphatic rings. The first-order valence-electron chi connectivity index (χ1n) is 9.69. The van der Waals surface area contributed by atoms with Gasteiger partial charge in [-0.3, -0.25) is 14.6 Å². The molecule has 0 aliphatic carbocycles. The normalized spacial score (nSPS) is 20.5. The van der Waals surface area contributed by atoms with Gasteiger partial charge in [0, 0.05) is 5.02 Å². The van der Waals surface area contributed by atoms with Crippen LogP contribution in [0.25, 0.3) is 0 Å². The van der Waals surface area contributed by atoms with Crippen LogP contribution >= 0.6 is 11.6 Å². The maximum absolute atomic E-state index is 13.6. The van der Waals surface area contributed by atoms with Crippen molar-refractivity contribution in [3.8, 4) is 0 Å². The molecule has 2 aliphatic heterocycles. The van der Waals surface area contributed by atoms with Gasteiger partial charge in [0.05, 0.1) is 17.1 Å². The van der Waals surface area contributed by atoms with Crippen molar-refractivity contribution in [1.29, 1.82) is 0 Å². The van der Waals surface area contributed by atoms with Gasteiger partial charge in [-0.2, -0.15) is 5.10 Å². The maximum atomic E-state index is 13.6. The smallest absolute Gasteiger partial charge is 0.259 e. The van der Waals surface area contributed by atoms with Crippen LogP contribution in [-0.2, 0) is 9.59 Å². The molecule has 2 amide bonds. The first-order chi connectivity index (χ1) is 14.6. The SMILES string of the molecule is Cc1c(Cl)cccc1N1C(=O)[C@@H]2C(c3ccccc3)=NN(c3ccccc3)[C@H]2C1=O. The molecule has 3 aromatic rings. The number of benzene rings is 3. The summed E-state index contributed by atoms with van der Waals surface area (Å²) in [6.07, 6.45) is 0. The molecule has 0 bridgehead atoms. The zero-order valence-electron chi connectivity index (χ0n) is 16.2. The number of amides is 2. The van der Waals surface area contributed by atoms with Crippen molar-refractivity contribution >= 4 is 40.5 Å². The van der Waals surface area contributed by atoms with Crippen LogP contribution in [0, 0.1) is 12.8 Å². The predicted octanol–water partition coefficient (Wildman–Crippen LogP) is 4.43. The van der Waals surface area contributed by atoms with E-state index in [0.717, 1.165) is 11.3 Å². The number of para-hydroxylation sites is 1. The fourth-order valence-corrected chi connectivity index (χ4v) is 4.30. The van der Waals surface area contributed by atoms with E-state index in [-0.39, 0.29) is 11.8 Å². The molecule has 5 nitrogen and oxygen atoms in total. The minimum atomic E-state index is -0.728. The standard InChI is InChI=1S/C24H18ClN3O2/c1-15-18(25)13-8-14-19(15)27-23(29)20-21(16-9-4-2-5-10-16)26-28(22(20)24(27)30)17-11-6-3-7-12-17/h2-14,20,22H,1H3/t20-,22-/m1/s1. The number of hydrogen-bond donors (Lipinski definition) is 0. The highest BCUT2D eigenvalue weighted by Crippen LogP contribution is 2.40. The van der Waals surface area contributed by atoms with E-state index in [1.54, 1.807) is 23.2 Å². The van der Waals surface area contributed by atoms with Gasteiger partial charge in [-0.1, -0.05) is 66.2 Å².